The molecule has 0 spiro atoms. The molecule has 4 nitrogen and oxygen atoms in total. The first-order chi connectivity index (χ1) is 10.3. The van der Waals surface area contributed by atoms with Crippen LogP contribution in [0.5, 0.6) is 0 Å². The molecule has 2 N–H and O–H groups in total. The molecule has 1 amide bonds. The number of amides is 1. The summed E-state index contributed by atoms with van der Waals surface area (Å²) >= 11 is 5.69. The number of hydrogen-bond acceptors (Lipinski definition) is 2. The van der Waals surface area contributed by atoms with E-state index in [1.54, 1.807) is 18.2 Å². The Balaban J connectivity index is 2.11. The van der Waals surface area contributed by atoms with Gasteiger partial charge in [0.2, 0.25) is 0 Å². The van der Waals surface area contributed by atoms with E-state index in [0.717, 1.165) is 0 Å². The number of pyridine rings is 1. The third-order valence-corrected chi connectivity index (χ3v) is 3.69. The Bertz CT molecular complexity index is 756. The van der Waals surface area contributed by atoms with Gasteiger partial charge < -0.3 is 10.3 Å². The Labute approximate surface area is 132 Å². The van der Waals surface area contributed by atoms with Crippen molar-refractivity contribution in [3.63, 3.8) is 0 Å². The highest BCUT2D eigenvalue weighted by molar-refractivity contribution is 6.30. The highest BCUT2D eigenvalue weighted by Crippen LogP contribution is 2.24. The van der Waals surface area contributed by atoms with Crippen molar-refractivity contribution in [2.45, 2.75) is 19.3 Å². The second-order valence-corrected chi connectivity index (χ2v) is 6.02. The molecule has 6 heteroatoms. The van der Waals surface area contributed by atoms with Gasteiger partial charge in [0.1, 0.15) is 10.8 Å². The molecular weight excluding hydrogens is 307 g/mol. The molecule has 0 fully saturated rings. The fourth-order valence-corrected chi connectivity index (χ4v) is 2.27. The molecule has 0 saturated heterocycles. The van der Waals surface area contributed by atoms with Crippen LogP contribution in [0.4, 0.5) is 4.39 Å². The van der Waals surface area contributed by atoms with Crippen molar-refractivity contribution in [1.82, 2.24) is 10.3 Å². The monoisotopic (exact) mass is 322 g/mol. The van der Waals surface area contributed by atoms with Crippen molar-refractivity contribution in [2.75, 3.05) is 6.54 Å². The average Bonchev–Trinajstić information content (AvgIpc) is 2.48. The molecular formula is C16H16ClFN2O2. The SMILES string of the molecule is CC(C)(CNC(=O)c1c[nH]c(=O)c(Cl)c1)c1ccccc1F. The summed E-state index contributed by atoms with van der Waals surface area (Å²) in [6, 6.07) is 7.75. The maximum absolute atomic E-state index is 13.9. The van der Waals surface area contributed by atoms with Gasteiger partial charge in [-0.25, -0.2) is 4.39 Å². The van der Waals surface area contributed by atoms with E-state index >= 15 is 0 Å². The van der Waals surface area contributed by atoms with Crippen LogP contribution >= 0.6 is 11.6 Å². The molecule has 0 bridgehead atoms. The molecule has 0 aliphatic heterocycles. The summed E-state index contributed by atoms with van der Waals surface area (Å²) in [5.74, 6) is -0.698. The summed E-state index contributed by atoms with van der Waals surface area (Å²) in [6.45, 7) is 3.92. The van der Waals surface area contributed by atoms with E-state index in [-0.39, 0.29) is 28.9 Å². The summed E-state index contributed by atoms with van der Waals surface area (Å²) in [6.07, 6.45) is 1.29. The first kappa shape index (κ1) is 16.2. The molecule has 0 aliphatic rings. The van der Waals surface area contributed by atoms with E-state index in [9.17, 15) is 14.0 Å². The zero-order valence-electron chi connectivity index (χ0n) is 12.2. The molecule has 0 unspecified atom stereocenters. The van der Waals surface area contributed by atoms with Crippen molar-refractivity contribution < 1.29 is 9.18 Å². The molecule has 1 aromatic carbocycles. The minimum Gasteiger partial charge on any atom is -0.351 e. The molecule has 22 heavy (non-hydrogen) atoms. The van der Waals surface area contributed by atoms with Crippen LogP contribution in [0.2, 0.25) is 5.02 Å². The Kier molecular flexibility index (Phi) is 4.66. The van der Waals surface area contributed by atoms with Crippen LogP contribution in [0, 0.1) is 5.82 Å². The van der Waals surface area contributed by atoms with Gasteiger partial charge in [-0.15, -0.1) is 0 Å². The topological polar surface area (TPSA) is 62.0 Å². The highest BCUT2D eigenvalue weighted by Gasteiger charge is 2.24. The summed E-state index contributed by atoms with van der Waals surface area (Å²) in [5.41, 5.74) is -0.263. The van der Waals surface area contributed by atoms with Gasteiger partial charge >= 0.3 is 0 Å². The van der Waals surface area contributed by atoms with Crippen LogP contribution in [0.15, 0.2) is 41.3 Å². The lowest BCUT2D eigenvalue weighted by molar-refractivity contribution is 0.0945. The third-order valence-electron chi connectivity index (χ3n) is 3.41. The van der Waals surface area contributed by atoms with Crippen LogP contribution in [0.3, 0.4) is 0 Å². The standard InChI is InChI=1S/C16H16ClFN2O2/c1-16(2,11-5-3-4-6-13(11)18)9-20-14(21)10-7-12(17)15(22)19-8-10/h3-8H,9H2,1-2H3,(H,19,22)(H,20,21). The van der Waals surface area contributed by atoms with Crippen molar-refractivity contribution in [3.8, 4) is 0 Å². The van der Waals surface area contributed by atoms with Crippen LogP contribution in [-0.4, -0.2) is 17.4 Å². The van der Waals surface area contributed by atoms with Gasteiger partial charge in [-0.1, -0.05) is 43.6 Å². The first-order valence-corrected chi connectivity index (χ1v) is 7.10. The predicted octanol–water partition coefficient (Wildman–Crippen LogP) is 2.88. The Morgan fingerprint density at radius 1 is 1.36 bits per heavy atom. The van der Waals surface area contributed by atoms with E-state index in [2.05, 4.69) is 10.3 Å². The number of hydrogen-bond donors (Lipinski definition) is 2. The Hall–Kier alpha value is -2.14. The van der Waals surface area contributed by atoms with Crippen LogP contribution in [0.25, 0.3) is 0 Å². The Morgan fingerprint density at radius 3 is 2.68 bits per heavy atom. The zero-order chi connectivity index (χ0) is 16.3. The number of halogens is 2. The number of carbonyl (C=O) groups excluding carboxylic acids is 1. The van der Waals surface area contributed by atoms with Gasteiger partial charge in [0.15, 0.2) is 0 Å². The summed E-state index contributed by atoms with van der Waals surface area (Å²) in [5, 5.41) is 2.67. The first-order valence-electron chi connectivity index (χ1n) is 6.73. The smallest absolute Gasteiger partial charge is 0.266 e. The lowest BCUT2D eigenvalue weighted by Crippen LogP contribution is -2.37. The second-order valence-electron chi connectivity index (χ2n) is 5.61. The van der Waals surface area contributed by atoms with Gasteiger partial charge in [0, 0.05) is 18.2 Å². The van der Waals surface area contributed by atoms with Crippen LogP contribution in [-0.2, 0) is 5.41 Å². The maximum Gasteiger partial charge on any atom is 0.266 e. The van der Waals surface area contributed by atoms with E-state index in [4.69, 9.17) is 11.6 Å². The van der Waals surface area contributed by atoms with Crippen LogP contribution in [0.1, 0.15) is 29.8 Å². The second kappa shape index (κ2) is 6.32. The van der Waals surface area contributed by atoms with Gasteiger partial charge in [-0.2, -0.15) is 0 Å². The number of benzene rings is 1. The van der Waals surface area contributed by atoms with Crippen molar-refractivity contribution in [1.29, 1.82) is 0 Å². The van der Waals surface area contributed by atoms with Crippen molar-refractivity contribution >= 4 is 17.5 Å². The molecule has 0 saturated carbocycles. The van der Waals surface area contributed by atoms with Gasteiger partial charge in [0.05, 0.1) is 5.56 Å². The molecule has 0 radical (unpaired) electrons. The fourth-order valence-electron chi connectivity index (χ4n) is 2.10. The minimum absolute atomic E-state index is 0.0546. The lowest BCUT2D eigenvalue weighted by atomic mass is 9.84. The van der Waals surface area contributed by atoms with Gasteiger partial charge in [-0.3, -0.25) is 9.59 Å². The molecule has 2 aromatic rings. The number of aromatic nitrogens is 1. The number of nitrogens with one attached hydrogen (secondary N) is 2. The van der Waals surface area contributed by atoms with Crippen molar-refractivity contribution in [3.05, 3.63) is 68.8 Å². The van der Waals surface area contributed by atoms with E-state index in [1.807, 2.05) is 13.8 Å². The van der Waals surface area contributed by atoms with Gasteiger partial charge in [-0.05, 0) is 17.7 Å². The molecule has 0 atom stereocenters. The number of rotatable bonds is 4. The number of carbonyl (C=O) groups is 1. The normalized spacial score (nSPS) is 11.3. The lowest BCUT2D eigenvalue weighted by Gasteiger charge is -2.26. The van der Waals surface area contributed by atoms with Crippen LogP contribution < -0.4 is 10.9 Å². The maximum atomic E-state index is 13.9. The fraction of sp³-hybridized carbons (Fsp3) is 0.250. The largest absolute Gasteiger partial charge is 0.351 e. The number of aromatic amines is 1. The minimum atomic E-state index is -0.576. The van der Waals surface area contributed by atoms with E-state index in [1.165, 1.54) is 18.3 Å². The van der Waals surface area contributed by atoms with E-state index in [0.29, 0.717) is 5.56 Å². The molecule has 0 aliphatic carbocycles. The zero-order valence-corrected chi connectivity index (χ0v) is 13.0. The Morgan fingerprint density at radius 2 is 2.05 bits per heavy atom. The molecule has 116 valence electrons. The van der Waals surface area contributed by atoms with Crippen molar-refractivity contribution in [2.24, 2.45) is 0 Å². The summed E-state index contributed by atoms with van der Waals surface area (Å²) in [7, 11) is 0. The van der Waals surface area contributed by atoms with Gasteiger partial charge in [0.25, 0.3) is 11.5 Å². The predicted molar refractivity (Wildman–Crippen MR) is 83.8 cm³/mol. The van der Waals surface area contributed by atoms with E-state index < -0.39 is 11.0 Å². The number of H-pyrrole nitrogens is 1. The molecule has 1 aromatic heterocycles. The highest BCUT2D eigenvalue weighted by atomic mass is 35.5. The third kappa shape index (κ3) is 3.54. The summed E-state index contributed by atoms with van der Waals surface area (Å²) < 4.78 is 13.9. The molecule has 2 rings (SSSR count). The quantitative estimate of drug-likeness (QED) is 0.909. The molecule has 1 heterocycles. The average molecular weight is 323 g/mol. The summed E-state index contributed by atoms with van der Waals surface area (Å²) in [4.78, 5) is 25.6.